The zero-order chi connectivity index (χ0) is 26.4. The fourth-order valence-electron chi connectivity index (χ4n) is 4.95. The van der Waals surface area contributed by atoms with E-state index < -0.39 is 6.04 Å². The van der Waals surface area contributed by atoms with Gasteiger partial charge in [0.25, 0.3) is 0 Å². The van der Waals surface area contributed by atoms with Crippen LogP contribution >= 0.6 is 22.9 Å². The summed E-state index contributed by atoms with van der Waals surface area (Å²) in [5, 5.41) is 31.7. The molecule has 0 saturated carbocycles. The highest BCUT2D eigenvalue weighted by Gasteiger charge is 2.35. The quantitative estimate of drug-likeness (QED) is 0.262. The molecule has 0 radical (unpaired) electrons. The zero-order valence-corrected chi connectivity index (χ0v) is 22.4. The number of aryl methyl sites for hydroxylation is 1. The first-order valence-electron chi connectivity index (χ1n) is 12.1. The topological polar surface area (TPSA) is 113 Å². The van der Waals surface area contributed by atoms with Gasteiger partial charge in [0.2, 0.25) is 5.91 Å². The first-order chi connectivity index (χ1) is 17.6. The molecule has 5 rings (SSSR count). The molecule has 2 aromatic carbocycles. The van der Waals surface area contributed by atoms with Gasteiger partial charge in [-0.15, -0.1) is 11.3 Å². The lowest BCUT2D eigenvalue weighted by molar-refractivity contribution is -0.116. The molecule has 0 spiro atoms. The lowest BCUT2D eigenvalue weighted by Gasteiger charge is -2.24. The average Bonchev–Trinajstić information content (AvgIpc) is 3.31. The number of aliphatic hydroxyl groups is 1. The molecule has 4 N–H and O–H groups in total. The smallest absolute Gasteiger partial charge is 0.227 e. The number of nitrogens with one attached hydrogen (secondary N) is 3. The van der Waals surface area contributed by atoms with Crippen molar-refractivity contribution in [2.75, 3.05) is 10.2 Å². The molecule has 7 nitrogen and oxygen atoms in total. The zero-order valence-electron chi connectivity index (χ0n) is 20.9. The second-order valence-electron chi connectivity index (χ2n) is 9.57. The van der Waals surface area contributed by atoms with E-state index >= 15 is 0 Å². The summed E-state index contributed by atoms with van der Waals surface area (Å²) in [6.07, 6.45) is 0.784. The highest BCUT2D eigenvalue weighted by molar-refractivity contribution is 7.17. The molecule has 1 aliphatic heterocycles. The Morgan fingerprint density at radius 2 is 1.89 bits per heavy atom. The molecule has 2 atom stereocenters. The van der Waals surface area contributed by atoms with E-state index in [0.717, 1.165) is 37.7 Å². The number of amides is 1. The van der Waals surface area contributed by atoms with Crippen molar-refractivity contribution >= 4 is 56.9 Å². The highest BCUT2D eigenvalue weighted by atomic mass is 35.5. The van der Waals surface area contributed by atoms with E-state index in [2.05, 4.69) is 5.32 Å². The number of benzene rings is 2. The van der Waals surface area contributed by atoms with Gasteiger partial charge in [-0.25, -0.2) is 0 Å². The summed E-state index contributed by atoms with van der Waals surface area (Å²) in [6.45, 7) is 5.69. The Hall–Kier alpha value is -3.33. The standard InChI is InChI=1S/C28H28ClN5O2S/c1-14-15(2)37-28-25(14)26(17-4-7-20(29)8-5-17)33-23(27(31)34(28)16(3)30)13-24(36)32-21-9-6-18-11-22(35)12-19(18)10-21/h4-10,22-23,30-31,35H,11-13H2,1-3H3,(H,32,36)/t22?,23-/m0/s1. The van der Waals surface area contributed by atoms with Gasteiger partial charge in [0.15, 0.2) is 0 Å². The van der Waals surface area contributed by atoms with E-state index in [-0.39, 0.29) is 30.1 Å². The predicted molar refractivity (Wildman–Crippen MR) is 151 cm³/mol. The third kappa shape index (κ3) is 4.84. The number of hydrogen-bond donors (Lipinski definition) is 4. The number of nitrogens with zero attached hydrogens (tertiary/aromatic N) is 2. The van der Waals surface area contributed by atoms with Gasteiger partial charge in [0.05, 0.1) is 18.2 Å². The fraction of sp³-hybridized carbons (Fsp3) is 0.286. The highest BCUT2D eigenvalue weighted by Crippen LogP contribution is 2.40. The van der Waals surface area contributed by atoms with Crippen LogP contribution in [0.25, 0.3) is 0 Å². The SMILES string of the molecule is CC(=N)N1C(=N)[C@H](CC(=O)Nc2ccc3c(c2)CC(O)C3)N=C(c2ccc(Cl)cc2)c2c1sc(C)c2C. The number of rotatable bonds is 4. The van der Waals surface area contributed by atoms with Gasteiger partial charge in [-0.2, -0.15) is 0 Å². The van der Waals surface area contributed by atoms with Crippen LogP contribution in [-0.4, -0.2) is 40.5 Å². The van der Waals surface area contributed by atoms with Crippen molar-refractivity contribution < 1.29 is 9.90 Å². The van der Waals surface area contributed by atoms with Crippen LogP contribution < -0.4 is 10.2 Å². The maximum Gasteiger partial charge on any atom is 0.227 e. The lowest BCUT2D eigenvalue weighted by Crippen LogP contribution is -2.41. The molecule has 1 amide bonds. The van der Waals surface area contributed by atoms with Gasteiger partial charge >= 0.3 is 0 Å². The lowest BCUT2D eigenvalue weighted by atomic mass is 9.99. The van der Waals surface area contributed by atoms with Gasteiger partial charge in [-0.1, -0.05) is 29.8 Å². The van der Waals surface area contributed by atoms with Crippen molar-refractivity contribution in [2.24, 2.45) is 4.99 Å². The van der Waals surface area contributed by atoms with Crippen LogP contribution in [0.3, 0.4) is 0 Å². The molecule has 190 valence electrons. The van der Waals surface area contributed by atoms with Gasteiger partial charge in [-0.3, -0.25) is 25.5 Å². The Balaban J connectivity index is 1.51. The summed E-state index contributed by atoms with van der Waals surface area (Å²) in [6, 6.07) is 12.3. The molecule has 37 heavy (non-hydrogen) atoms. The first-order valence-corrected chi connectivity index (χ1v) is 13.3. The first kappa shape index (κ1) is 25.3. The number of halogens is 1. The van der Waals surface area contributed by atoms with Crippen molar-refractivity contribution in [3.05, 3.63) is 80.2 Å². The molecule has 1 aromatic heterocycles. The van der Waals surface area contributed by atoms with Crippen molar-refractivity contribution in [3.63, 3.8) is 0 Å². The summed E-state index contributed by atoms with van der Waals surface area (Å²) >= 11 is 7.67. The monoisotopic (exact) mass is 533 g/mol. The molecule has 2 aliphatic rings. The summed E-state index contributed by atoms with van der Waals surface area (Å²) < 4.78 is 0. The van der Waals surface area contributed by atoms with Crippen molar-refractivity contribution in [2.45, 2.75) is 52.2 Å². The van der Waals surface area contributed by atoms with E-state index in [1.165, 1.54) is 11.3 Å². The molecule has 1 unspecified atom stereocenters. The number of aliphatic hydroxyl groups excluding tert-OH is 1. The third-order valence-electron chi connectivity index (χ3n) is 6.88. The predicted octanol–water partition coefficient (Wildman–Crippen LogP) is 5.51. The molecule has 0 fully saturated rings. The summed E-state index contributed by atoms with van der Waals surface area (Å²) in [5.41, 5.74) is 6.24. The van der Waals surface area contributed by atoms with Crippen molar-refractivity contribution in [1.82, 2.24) is 0 Å². The number of fused-ring (bicyclic) bond motifs is 2. The minimum atomic E-state index is -0.790. The third-order valence-corrected chi connectivity index (χ3v) is 8.33. The molecular weight excluding hydrogens is 506 g/mol. The largest absolute Gasteiger partial charge is 0.392 e. The van der Waals surface area contributed by atoms with Crippen LogP contribution in [0.4, 0.5) is 10.7 Å². The number of carbonyl (C=O) groups excluding carboxylic acids is 1. The van der Waals surface area contributed by atoms with Gasteiger partial charge in [0, 0.05) is 26.7 Å². The summed E-state index contributed by atoms with van der Waals surface area (Å²) in [7, 11) is 0. The molecular formula is C28H28ClN5O2S. The maximum atomic E-state index is 13.2. The van der Waals surface area contributed by atoms with Crippen molar-refractivity contribution in [1.29, 1.82) is 10.8 Å². The van der Waals surface area contributed by atoms with E-state index in [0.29, 0.717) is 29.3 Å². The second-order valence-corrected chi connectivity index (χ2v) is 11.2. The molecule has 0 bridgehead atoms. The maximum absolute atomic E-state index is 13.2. The van der Waals surface area contributed by atoms with Crippen LogP contribution in [0.15, 0.2) is 47.5 Å². The second kappa shape index (κ2) is 9.85. The summed E-state index contributed by atoms with van der Waals surface area (Å²) in [5.74, 6) is 0.0158. The number of thiophene rings is 1. The van der Waals surface area contributed by atoms with E-state index in [1.54, 1.807) is 24.0 Å². The Morgan fingerprint density at radius 1 is 1.19 bits per heavy atom. The molecule has 2 heterocycles. The van der Waals surface area contributed by atoms with Crippen LogP contribution in [0.1, 0.15) is 46.0 Å². The van der Waals surface area contributed by atoms with E-state index in [4.69, 9.17) is 27.4 Å². The summed E-state index contributed by atoms with van der Waals surface area (Å²) in [4.78, 5) is 20.8. The van der Waals surface area contributed by atoms with Crippen LogP contribution in [-0.2, 0) is 17.6 Å². The Morgan fingerprint density at radius 3 is 2.59 bits per heavy atom. The fourth-order valence-corrected chi connectivity index (χ4v) is 6.30. The van der Waals surface area contributed by atoms with Crippen molar-refractivity contribution in [3.8, 4) is 0 Å². The number of anilines is 2. The number of amidine groups is 2. The number of hydrogen-bond acceptors (Lipinski definition) is 6. The van der Waals surface area contributed by atoms with Crippen LogP contribution in [0, 0.1) is 24.7 Å². The molecule has 1 aliphatic carbocycles. The van der Waals surface area contributed by atoms with Gasteiger partial charge < -0.3 is 10.4 Å². The van der Waals surface area contributed by atoms with Gasteiger partial charge in [0.1, 0.15) is 22.7 Å². The van der Waals surface area contributed by atoms with E-state index in [1.807, 2.05) is 44.2 Å². The van der Waals surface area contributed by atoms with Gasteiger partial charge in [-0.05, 0) is 74.6 Å². The van der Waals surface area contributed by atoms with E-state index in [9.17, 15) is 9.90 Å². The Bertz CT molecular complexity index is 1460. The van der Waals surface area contributed by atoms with Crippen LogP contribution in [0.5, 0.6) is 0 Å². The normalized spacial score (nSPS) is 18.7. The molecule has 0 saturated heterocycles. The average molecular weight is 534 g/mol. The Kier molecular flexibility index (Phi) is 6.74. The molecule has 9 heteroatoms. The number of aliphatic imine (C=N–C) groups is 1. The number of carbonyl (C=O) groups is 1. The minimum absolute atomic E-state index is 0.0492. The minimum Gasteiger partial charge on any atom is -0.392 e. The molecule has 3 aromatic rings. The Labute approximate surface area is 224 Å². The van der Waals surface area contributed by atoms with Crippen LogP contribution in [0.2, 0.25) is 5.02 Å².